The van der Waals surface area contributed by atoms with Gasteiger partial charge in [0.05, 0.1) is 22.8 Å². The molecule has 0 bridgehead atoms. The zero-order chi connectivity index (χ0) is 35.8. The van der Waals surface area contributed by atoms with Crippen LogP contribution in [-0.2, 0) is 0 Å². The number of aromatic nitrogens is 3. The summed E-state index contributed by atoms with van der Waals surface area (Å²) >= 11 is 0. The summed E-state index contributed by atoms with van der Waals surface area (Å²) in [5, 5.41) is 5.63. The standard InChI is InChI=1S/C50H30N4O/c1-2-16-30-29(14-1)15-13-23-35(30)46-49-47(37-22-8-12-27-43(37)55-49)52-50(51-46)54-41-26-11-7-21-36(41)44-42(54)28-38-33-19-6-10-25-40(33)53-39-24-9-5-18-32(39)31-17-3-4-20-34(31)45(44)48(38)53/h1-28,33,40H. The molecule has 10 aromatic rings. The third-order valence-corrected chi connectivity index (χ3v) is 12.1. The largest absolute Gasteiger partial charge is 0.452 e. The van der Waals surface area contributed by atoms with Gasteiger partial charge >= 0.3 is 0 Å². The summed E-state index contributed by atoms with van der Waals surface area (Å²) in [6.07, 6.45) is 9.16. The maximum atomic E-state index is 6.64. The molecule has 7 aromatic carbocycles. The van der Waals surface area contributed by atoms with Gasteiger partial charge in [-0.1, -0.05) is 140 Å². The van der Waals surface area contributed by atoms with Crippen molar-refractivity contribution >= 4 is 66.0 Å². The summed E-state index contributed by atoms with van der Waals surface area (Å²) in [5.74, 6) is 0.802. The average molecular weight is 703 g/mol. The molecule has 1 aliphatic carbocycles. The van der Waals surface area contributed by atoms with Crippen LogP contribution >= 0.6 is 0 Å². The van der Waals surface area contributed by atoms with E-state index in [0.717, 1.165) is 49.5 Å². The molecule has 256 valence electrons. The van der Waals surface area contributed by atoms with Crippen LogP contribution < -0.4 is 4.90 Å². The third kappa shape index (κ3) is 3.81. The molecule has 5 nitrogen and oxygen atoms in total. The summed E-state index contributed by atoms with van der Waals surface area (Å²) in [6, 6.07) is 52.3. The van der Waals surface area contributed by atoms with Crippen LogP contribution in [0.3, 0.4) is 0 Å². The van der Waals surface area contributed by atoms with Crippen LogP contribution in [0.15, 0.2) is 174 Å². The molecule has 5 heteroatoms. The lowest BCUT2D eigenvalue weighted by atomic mass is 9.86. The fourth-order valence-electron chi connectivity index (χ4n) is 9.83. The van der Waals surface area contributed by atoms with Gasteiger partial charge in [-0.25, -0.2) is 9.97 Å². The van der Waals surface area contributed by atoms with Gasteiger partial charge in [0.2, 0.25) is 5.95 Å². The average Bonchev–Trinajstić information content (AvgIpc) is 3.87. The molecule has 0 amide bonds. The Morgan fingerprint density at radius 3 is 2.20 bits per heavy atom. The Labute approximate surface area is 315 Å². The number of benzene rings is 7. The fraction of sp³-hybridized carbons (Fsp3) is 0.0400. The zero-order valence-electron chi connectivity index (χ0n) is 29.5. The van der Waals surface area contributed by atoms with Gasteiger partial charge in [0, 0.05) is 44.5 Å². The van der Waals surface area contributed by atoms with Gasteiger partial charge in [-0.15, -0.1) is 0 Å². The molecule has 0 spiro atoms. The van der Waals surface area contributed by atoms with Gasteiger partial charge in [-0.2, -0.15) is 0 Å². The van der Waals surface area contributed by atoms with Crippen LogP contribution in [0.25, 0.3) is 94.1 Å². The van der Waals surface area contributed by atoms with Crippen molar-refractivity contribution in [3.63, 3.8) is 0 Å². The molecule has 0 fully saturated rings. The molecule has 2 unspecified atom stereocenters. The first kappa shape index (κ1) is 29.2. The van der Waals surface area contributed by atoms with E-state index in [9.17, 15) is 0 Å². The highest BCUT2D eigenvalue weighted by molar-refractivity contribution is 6.22. The summed E-state index contributed by atoms with van der Waals surface area (Å²) in [4.78, 5) is 13.6. The Morgan fingerprint density at radius 1 is 0.564 bits per heavy atom. The van der Waals surface area contributed by atoms with E-state index in [1.165, 1.54) is 50.0 Å². The van der Waals surface area contributed by atoms with Gasteiger partial charge in [-0.05, 0) is 57.8 Å². The second-order valence-corrected chi connectivity index (χ2v) is 14.8. The summed E-state index contributed by atoms with van der Waals surface area (Å²) < 4.78 is 8.94. The highest BCUT2D eigenvalue weighted by Gasteiger charge is 2.43. The number of hydrogen-bond acceptors (Lipinski definition) is 4. The monoisotopic (exact) mass is 702 g/mol. The molecule has 3 aromatic heterocycles. The minimum Gasteiger partial charge on any atom is -0.452 e. The Hall–Kier alpha value is -7.24. The van der Waals surface area contributed by atoms with Crippen molar-refractivity contribution in [3.05, 3.63) is 175 Å². The second-order valence-electron chi connectivity index (χ2n) is 14.8. The highest BCUT2D eigenvalue weighted by Crippen LogP contribution is 2.60. The number of furan rings is 1. The summed E-state index contributed by atoms with van der Waals surface area (Å²) in [7, 11) is 0. The number of anilines is 2. The Bertz CT molecular complexity index is 3360. The van der Waals surface area contributed by atoms with Gasteiger partial charge in [-0.3, -0.25) is 4.57 Å². The van der Waals surface area contributed by atoms with E-state index < -0.39 is 0 Å². The lowest BCUT2D eigenvalue weighted by Gasteiger charge is -2.30. The quantitative estimate of drug-likeness (QED) is 0.180. The van der Waals surface area contributed by atoms with Crippen LogP contribution in [0.2, 0.25) is 0 Å². The topological polar surface area (TPSA) is 47.1 Å². The van der Waals surface area contributed by atoms with Crippen LogP contribution in [0.5, 0.6) is 0 Å². The SMILES string of the molecule is C1=CC2c3cc4c(c5c3N(c3ccccc3-c3ccccc3-5)C2C=C1)c1ccccc1n4-c1nc(-c2cccc3ccccc23)c2oc3ccccc3c2n1. The Morgan fingerprint density at radius 2 is 1.27 bits per heavy atom. The van der Waals surface area contributed by atoms with Crippen molar-refractivity contribution in [2.24, 2.45) is 0 Å². The molecule has 0 saturated carbocycles. The lowest BCUT2D eigenvalue weighted by molar-refractivity contribution is 0.666. The molecule has 0 radical (unpaired) electrons. The van der Waals surface area contributed by atoms with E-state index in [-0.39, 0.29) is 12.0 Å². The zero-order valence-corrected chi connectivity index (χ0v) is 29.5. The molecule has 13 rings (SSSR count). The highest BCUT2D eigenvalue weighted by atomic mass is 16.3. The summed E-state index contributed by atoms with van der Waals surface area (Å²) in [6.45, 7) is 0. The first-order chi connectivity index (χ1) is 27.3. The van der Waals surface area contributed by atoms with Crippen LogP contribution in [0.1, 0.15) is 11.5 Å². The minimum absolute atomic E-state index is 0.156. The third-order valence-electron chi connectivity index (χ3n) is 12.1. The van der Waals surface area contributed by atoms with E-state index in [1.807, 2.05) is 12.1 Å². The van der Waals surface area contributed by atoms with Crippen molar-refractivity contribution in [3.8, 4) is 39.5 Å². The van der Waals surface area contributed by atoms with Crippen molar-refractivity contribution in [1.82, 2.24) is 14.5 Å². The molecule has 0 saturated heterocycles. The summed E-state index contributed by atoms with van der Waals surface area (Å²) in [5.41, 5.74) is 15.1. The second kappa shape index (κ2) is 10.7. The maximum Gasteiger partial charge on any atom is 0.236 e. The number of rotatable bonds is 2. The van der Waals surface area contributed by atoms with E-state index >= 15 is 0 Å². The first-order valence-corrected chi connectivity index (χ1v) is 18.9. The number of nitrogens with zero attached hydrogens (tertiary/aromatic N) is 4. The predicted molar refractivity (Wildman–Crippen MR) is 224 cm³/mol. The van der Waals surface area contributed by atoms with E-state index in [0.29, 0.717) is 11.5 Å². The molecule has 2 aliphatic heterocycles. The minimum atomic E-state index is 0.156. The van der Waals surface area contributed by atoms with Crippen molar-refractivity contribution < 1.29 is 4.42 Å². The Balaban J connectivity index is 1.21. The van der Waals surface area contributed by atoms with Gasteiger partial charge in [0.1, 0.15) is 16.8 Å². The van der Waals surface area contributed by atoms with E-state index in [2.05, 4.69) is 167 Å². The van der Waals surface area contributed by atoms with Crippen LogP contribution in [0.4, 0.5) is 11.4 Å². The van der Waals surface area contributed by atoms with Crippen molar-refractivity contribution in [1.29, 1.82) is 0 Å². The maximum absolute atomic E-state index is 6.64. The number of fused-ring (bicyclic) bond motifs is 16. The fourth-order valence-corrected chi connectivity index (χ4v) is 9.83. The molecular formula is C50H30N4O. The van der Waals surface area contributed by atoms with Gasteiger partial charge in [0.15, 0.2) is 5.58 Å². The number of allylic oxidation sites excluding steroid dienone is 2. The molecule has 0 N–H and O–H groups in total. The first-order valence-electron chi connectivity index (χ1n) is 18.9. The smallest absolute Gasteiger partial charge is 0.236 e. The van der Waals surface area contributed by atoms with E-state index in [1.54, 1.807) is 0 Å². The van der Waals surface area contributed by atoms with Crippen LogP contribution in [0, 0.1) is 0 Å². The lowest BCUT2D eigenvalue weighted by Crippen LogP contribution is -2.28. The van der Waals surface area contributed by atoms with E-state index in [4.69, 9.17) is 14.4 Å². The van der Waals surface area contributed by atoms with Gasteiger partial charge in [0.25, 0.3) is 0 Å². The molecule has 3 aliphatic rings. The molecule has 5 heterocycles. The number of hydrogen-bond donors (Lipinski definition) is 0. The van der Waals surface area contributed by atoms with Crippen LogP contribution in [-0.4, -0.2) is 20.6 Å². The molecule has 55 heavy (non-hydrogen) atoms. The molecule has 2 atom stereocenters. The Kier molecular flexibility index (Phi) is 5.68. The normalized spacial score (nSPS) is 16.5. The predicted octanol–water partition coefficient (Wildman–Crippen LogP) is 12.7. The van der Waals surface area contributed by atoms with Gasteiger partial charge < -0.3 is 9.32 Å². The number of para-hydroxylation sites is 3. The van der Waals surface area contributed by atoms with Crippen molar-refractivity contribution in [2.45, 2.75) is 12.0 Å². The van der Waals surface area contributed by atoms with Crippen molar-refractivity contribution in [2.75, 3.05) is 4.90 Å². The molecular weight excluding hydrogens is 673 g/mol.